The largest absolute Gasteiger partial charge is 0.355 e. The molecule has 110 valence electrons. The van der Waals surface area contributed by atoms with Crippen molar-refractivity contribution in [1.82, 2.24) is 10.2 Å². The van der Waals surface area contributed by atoms with Crippen molar-refractivity contribution < 1.29 is 4.79 Å². The minimum Gasteiger partial charge on any atom is -0.355 e. The first-order valence-electron chi connectivity index (χ1n) is 7.47. The van der Waals surface area contributed by atoms with Crippen molar-refractivity contribution >= 4 is 17.5 Å². The van der Waals surface area contributed by atoms with Gasteiger partial charge >= 0.3 is 0 Å². The van der Waals surface area contributed by atoms with Crippen molar-refractivity contribution in [2.24, 2.45) is 0 Å². The van der Waals surface area contributed by atoms with Gasteiger partial charge in [0.1, 0.15) is 0 Å². The van der Waals surface area contributed by atoms with Gasteiger partial charge in [0.2, 0.25) is 5.91 Å². The van der Waals surface area contributed by atoms with E-state index in [0.29, 0.717) is 11.4 Å². The standard InChI is InChI=1S/C16H23ClN2O/c17-15-7-5-14(6-8-15)13-16(20)18-9-12-19-10-3-1-2-4-11-19/h5-8H,1-4,9-13H2,(H,18,20). The number of benzene rings is 1. The van der Waals surface area contributed by atoms with Crippen LogP contribution in [0, 0.1) is 0 Å². The second-order valence-electron chi connectivity index (χ2n) is 5.41. The Kier molecular flexibility index (Phi) is 6.34. The smallest absolute Gasteiger partial charge is 0.224 e. The number of likely N-dealkylation sites (tertiary alicyclic amines) is 1. The summed E-state index contributed by atoms with van der Waals surface area (Å²) < 4.78 is 0. The molecule has 0 aromatic heterocycles. The van der Waals surface area contributed by atoms with Crippen molar-refractivity contribution in [2.45, 2.75) is 32.1 Å². The van der Waals surface area contributed by atoms with Gasteiger partial charge in [0.05, 0.1) is 6.42 Å². The molecule has 1 saturated heterocycles. The third-order valence-corrected chi connectivity index (χ3v) is 3.98. The molecule has 0 atom stereocenters. The minimum absolute atomic E-state index is 0.0853. The molecular weight excluding hydrogens is 272 g/mol. The monoisotopic (exact) mass is 294 g/mol. The zero-order valence-electron chi connectivity index (χ0n) is 11.9. The number of nitrogens with one attached hydrogen (secondary N) is 1. The van der Waals surface area contributed by atoms with Crippen LogP contribution in [0.15, 0.2) is 24.3 Å². The quantitative estimate of drug-likeness (QED) is 0.906. The highest BCUT2D eigenvalue weighted by molar-refractivity contribution is 6.30. The number of carbonyl (C=O) groups is 1. The summed E-state index contributed by atoms with van der Waals surface area (Å²) in [4.78, 5) is 14.3. The summed E-state index contributed by atoms with van der Waals surface area (Å²) in [6, 6.07) is 7.44. The van der Waals surface area contributed by atoms with Gasteiger partial charge in [-0.15, -0.1) is 0 Å². The molecule has 1 aliphatic rings. The zero-order chi connectivity index (χ0) is 14.2. The fourth-order valence-electron chi connectivity index (χ4n) is 2.56. The molecule has 0 unspecified atom stereocenters. The van der Waals surface area contributed by atoms with Gasteiger partial charge in [-0.05, 0) is 43.6 Å². The van der Waals surface area contributed by atoms with E-state index in [1.54, 1.807) is 0 Å². The fraction of sp³-hybridized carbons (Fsp3) is 0.562. The molecule has 0 bridgehead atoms. The lowest BCUT2D eigenvalue weighted by molar-refractivity contribution is -0.120. The maximum atomic E-state index is 11.8. The van der Waals surface area contributed by atoms with E-state index in [-0.39, 0.29) is 5.91 Å². The Morgan fingerprint density at radius 2 is 1.75 bits per heavy atom. The van der Waals surface area contributed by atoms with E-state index in [2.05, 4.69) is 10.2 Å². The van der Waals surface area contributed by atoms with Gasteiger partial charge in [-0.3, -0.25) is 4.79 Å². The van der Waals surface area contributed by atoms with Crippen LogP contribution in [-0.2, 0) is 11.2 Å². The SMILES string of the molecule is O=C(Cc1ccc(Cl)cc1)NCCN1CCCCCC1. The molecule has 1 aromatic carbocycles. The van der Waals surface area contributed by atoms with E-state index in [9.17, 15) is 4.79 Å². The van der Waals surface area contributed by atoms with Crippen LogP contribution in [0.4, 0.5) is 0 Å². The third kappa shape index (κ3) is 5.51. The molecule has 20 heavy (non-hydrogen) atoms. The molecule has 1 aromatic rings. The molecule has 4 heteroatoms. The molecule has 0 saturated carbocycles. The summed E-state index contributed by atoms with van der Waals surface area (Å²) in [5.41, 5.74) is 1.00. The van der Waals surface area contributed by atoms with Crippen LogP contribution in [0.1, 0.15) is 31.2 Å². The van der Waals surface area contributed by atoms with Crippen molar-refractivity contribution in [3.05, 3.63) is 34.9 Å². The number of carbonyl (C=O) groups excluding carboxylic acids is 1. The van der Waals surface area contributed by atoms with Gasteiger partial charge < -0.3 is 10.2 Å². The van der Waals surface area contributed by atoms with Crippen LogP contribution in [-0.4, -0.2) is 37.0 Å². The number of rotatable bonds is 5. The van der Waals surface area contributed by atoms with E-state index in [1.165, 1.54) is 38.8 Å². The van der Waals surface area contributed by atoms with Crippen LogP contribution in [0.2, 0.25) is 5.02 Å². The van der Waals surface area contributed by atoms with Crippen LogP contribution in [0.5, 0.6) is 0 Å². The van der Waals surface area contributed by atoms with Crippen molar-refractivity contribution in [3.8, 4) is 0 Å². The molecule has 2 rings (SSSR count). The normalized spacial score (nSPS) is 16.6. The molecule has 0 radical (unpaired) electrons. The van der Waals surface area contributed by atoms with E-state index in [0.717, 1.165) is 18.7 Å². The highest BCUT2D eigenvalue weighted by Gasteiger charge is 2.09. The average molecular weight is 295 g/mol. The third-order valence-electron chi connectivity index (χ3n) is 3.73. The molecule has 1 aliphatic heterocycles. The Morgan fingerprint density at radius 1 is 1.10 bits per heavy atom. The molecule has 3 nitrogen and oxygen atoms in total. The molecular formula is C16H23ClN2O. The first-order chi connectivity index (χ1) is 9.74. The van der Waals surface area contributed by atoms with E-state index < -0.39 is 0 Å². The van der Waals surface area contributed by atoms with Crippen LogP contribution < -0.4 is 5.32 Å². The second-order valence-corrected chi connectivity index (χ2v) is 5.85. The lowest BCUT2D eigenvalue weighted by atomic mass is 10.1. The molecule has 1 N–H and O–H groups in total. The summed E-state index contributed by atoms with van der Waals surface area (Å²) in [7, 11) is 0. The second kappa shape index (κ2) is 8.28. The van der Waals surface area contributed by atoms with Gasteiger partial charge in [-0.2, -0.15) is 0 Å². The first-order valence-corrected chi connectivity index (χ1v) is 7.85. The average Bonchev–Trinajstić information content (AvgIpc) is 2.70. The summed E-state index contributed by atoms with van der Waals surface area (Å²) in [5, 5.41) is 3.70. The number of halogens is 1. The Balaban J connectivity index is 1.65. The highest BCUT2D eigenvalue weighted by atomic mass is 35.5. The summed E-state index contributed by atoms with van der Waals surface area (Å²) >= 11 is 5.83. The van der Waals surface area contributed by atoms with Crippen LogP contribution in [0.3, 0.4) is 0 Å². The molecule has 1 amide bonds. The Bertz CT molecular complexity index is 411. The maximum Gasteiger partial charge on any atom is 0.224 e. The number of amides is 1. The van der Waals surface area contributed by atoms with E-state index in [1.807, 2.05) is 24.3 Å². The van der Waals surface area contributed by atoms with Crippen LogP contribution >= 0.6 is 11.6 Å². The van der Waals surface area contributed by atoms with Gasteiger partial charge in [-0.25, -0.2) is 0 Å². The van der Waals surface area contributed by atoms with Gasteiger partial charge in [0.15, 0.2) is 0 Å². The molecule has 1 fully saturated rings. The number of hydrogen-bond donors (Lipinski definition) is 1. The first kappa shape index (κ1) is 15.3. The predicted molar refractivity (Wildman–Crippen MR) is 83.1 cm³/mol. The van der Waals surface area contributed by atoms with Crippen molar-refractivity contribution in [3.63, 3.8) is 0 Å². The van der Waals surface area contributed by atoms with Crippen molar-refractivity contribution in [1.29, 1.82) is 0 Å². The lowest BCUT2D eigenvalue weighted by Gasteiger charge is -2.19. The molecule has 0 spiro atoms. The maximum absolute atomic E-state index is 11.8. The Hall–Kier alpha value is -1.06. The molecule has 1 heterocycles. The fourth-order valence-corrected chi connectivity index (χ4v) is 2.69. The summed E-state index contributed by atoms with van der Waals surface area (Å²) in [6.07, 6.45) is 5.70. The Labute approximate surface area is 126 Å². The number of nitrogens with zero attached hydrogens (tertiary/aromatic N) is 1. The lowest BCUT2D eigenvalue weighted by Crippen LogP contribution is -2.36. The van der Waals surface area contributed by atoms with Gasteiger partial charge in [0, 0.05) is 18.1 Å². The van der Waals surface area contributed by atoms with Crippen molar-refractivity contribution in [2.75, 3.05) is 26.2 Å². The number of hydrogen-bond acceptors (Lipinski definition) is 2. The van der Waals surface area contributed by atoms with Crippen LogP contribution in [0.25, 0.3) is 0 Å². The summed E-state index contributed by atoms with van der Waals surface area (Å²) in [6.45, 7) is 4.05. The van der Waals surface area contributed by atoms with E-state index >= 15 is 0 Å². The highest BCUT2D eigenvalue weighted by Crippen LogP contribution is 2.10. The predicted octanol–water partition coefficient (Wildman–Crippen LogP) is 2.87. The zero-order valence-corrected chi connectivity index (χ0v) is 12.7. The topological polar surface area (TPSA) is 32.3 Å². The minimum atomic E-state index is 0.0853. The molecule has 0 aliphatic carbocycles. The summed E-state index contributed by atoms with van der Waals surface area (Å²) in [5.74, 6) is 0.0853. The van der Waals surface area contributed by atoms with Gasteiger partial charge in [0.25, 0.3) is 0 Å². The van der Waals surface area contributed by atoms with E-state index in [4.69, 9.17) is 11.6 Å². The van der Waals surface area contributed by atoms with Gasteiger partial charge in [-0.1, -0.05) is 36.6 Å². The Morgan fingerprint density at radius 3 is 2.40 bits per heavy atom.